The quantitative estimate of drug-likeness (QED) is 0.899. The third kappa shape index (κ3) is 2.11. The maximum Gasteiger partial charge on any atom is 0.201 e. The Hall–Kier alpha value is -1.92. The lowest BCUT2D eigenvalue weighted by Crippen LogP contribution is -2.54. The summed E-state index contributed by atoms with van der Waals surface area (Å²) >= 11 is 0. The molecular weight excluding hydrogens is 271 g/mol. The summed E-state index contributed by atoms with van der Waals surface area (Å²) in [6, 6.07) is 7.44. The van der Waals surface area contributed by atoms with Gasteiger partial charge < -0.3 is 4.90 Å². The van der Waals surface area contributed by atoms with Crippen molar-refractivity contribution >= 4 is 11.9 Å². The van der Waals surface area contributed by atoms with E-state index in [-0.39, 0.29) is 12.1 Å². The van der Waals surface area contributed by atoms with Crippen LogP contribution in [0.15, 0.2) is 41.5 Å². The van der Waals surface area contributed by atoms with Crippen LogP contribution in [0.3, 0.4) is 0 Å². The molecular formula is C15H17FN4O. The van der Waals surface area contributed by atoms with Crippen LogP contribution in [-0.2, 0) is 0 Å². The molecule has 0 radical (unpaired) electrons. The van der Waals surface area contributed by atoms with Gasteiger partial charge in [-0.3, -0.25) is 15.1 Å². The standard InChI is InChI=1S/C15H17FN4O/c16-11-2-4-12(5-3-11)18-9-14-8-13(18)10-19(14)15-17-6-1-7-20(15)21/h1-7,13-15,21H,8-10H2/t13-,14-,15?/m0/s1. The van der Waals surface area contributed by atoms with Crippen molar-refractivity contribution in [3.05, 3.63) is 42.4 Å². The Bertz CT molecular complexity index is 588. The van der Waals surface area contributed by atoms with Crippen molar-refractivity contribution in [1.29, 1.82) is 0 Å². The van der Waals surface area contributed by atoms with E-state index in [1.54, 1.807) is 18.5 Å². The van der Waals surface area contributed by atoms with Gasteiger partial charge in [0.15, 0.2) is 0 Å². The lowest BCUT2D eigenvalue weighted by molar-refractivity contribution is -0.134. The molecule has 6 heteroatoms. The summed E-state index contributed by atoms with van der Waals surface area (Å²) in [5, 5.41) is 11.1. The van der Waals surface area contributed by atoms with Gasteiger partial charge in [0.1, 0.15) is 5.82 Å². The Labute approximate surface area is 122 Å². The minimum absolute atomic E-state index is 0.205. The van der Waals surface area contributed by atoms with Gasteiger partial charge in [-0.1, -0.05) is 0 Å². The third-order valence-electron chi connectivity index (χ3n) is 4.52. The molecule has 0 saturated carbocycles. The zero-order chi connectivity index (χ0) is 14.4. The van der Waals surface area contributed by atoms with Crippen LogP contribution in [0.1, 0.15) is 6.42 Å². The van der Waals surface area contributed by atoms with Crippen LogP contribution in [0.2, 0.25) is 0 Å². The van der Waals surface area contributed by atoms with Gasteiger partial charge in [-0.05, 0) is 36.8 Å². The molecule has 2 saturated heterocycles. The fourth-order valence-corrected chi connectivity index (χ4v) is 3.57. The predicted octanol–water partition coefficient (Wildman–Crippen LogP) is 1.66. The van der Waals surface area contributed by atoms with Gasteiger partial charge in [0.05, 0.1) is 0 Å². The zero-order valence-electron chi connectivity index (χ0n) is 11.5. The van der Waals surface area contributed by atoms with Gasteiger partial charge in [-0.15, -0.1) is 0 Å². The van der Waals surface area contributed by atoms with Gasteiger partial charge in [0.2, 0.25) is 6.29 Å². The van der Waals surface area contributed by atoms with Crippen molar-refractivity contribution in [2.75, 3.05) is 18.0 Å². The van der Waals surface area contributed by atoms with Crippen LogP contribution >= 0.6 is 0 Å². The number of hydrogen-bond acceptors (Lipinski definition) is 5. The molecule has 3 heterocycles. The molecule has 2 fully saturated rings. The molecule has 3 atom stereocenters. The molecule has 1 unspecified atom stereocenters. The first-order valence-electron chi connectivity index (χ1n) is 7.17. The fraction of sp³-hybridized carbons (Fsp3) is 0.400. The highest BCUT2D eigenvalue weighted by Crippen LogP contribution is 2.36. The summed E-state index contributed by atoms with van der Waals surface area (Å²) < 4.78 is 13.0. The lowest BCUT2D eigenvalue weighted by atomic mass is 10.2. The molecule has 21 heavy (non-hydrogen) atoms. The number of fused-ring (bicyclic) bond motifs is 2. The van der Waals surface area contributed by atoms with E-state index >= 15 is 0 Å². The number of hydrogen-bond donors (Lipinski definition) is 1. The van der Waals surface area contributed by atoms with Gasteiger partial charge in [-0.25, -0.2) is 9.45 Å². The summed E-state index contributed by atoms with van der Waals surface area (Å²) in [5.41, 5.74) is 1.07. The average Bonchev–Trinajstić information content (AvgIpc) is 3.09. The van der Waals surface area contributed by atoms with Crippen molar-refractivity contribution < 1.29 is 9.60 Å². The molecule has 1 aromatic rings. The van der Waals surface area contributed by atoms with Crippen molar-refractivity contribution in [3.8, 4) is 0 Å². The van der Waals surface area contributed by atoms with E-state index in [0.717, 1.165) is 30.3 Å². The summed E-state index contributed by atoms with van der Waals surface area (Å²) in [4.78, 5) is 8.89. The van der Waals surface area contributed by atoms with E-state index in [1.807, 2.05) is 12.1 Å². The van der Waals surface area contributed by atoms with Crippen molar-refractivity contribution in [1.82, 2.24) is 9.96 Å². The van der Waals surface area contributed by atoms with Gasteiger partial charge >= 0.3 is 0 Å². The van der Waals surface area contributed by atoms with Crippen LogP contribution in [0, 0.1) is 5.82 Å². The molecule has 110 valence electrons. The van der Waals surface area contributed by atoms with Crippen LogP contribution in [-0.4, -0.2) is 52.8 Å². The SMILES string of the molecule is ON1C=CC=NC1N1C[C@@H]2C[C@H]1CN2c1ccc(F)cc1. The molecule has 1 aromatic carbocycles. The van der Waals surface area contributed by atoms with Crippen LogP contribution < -0.4 is 4.90 Å². The minimum atomic E-state index is -0.319. The number of anilines is 1. The maximum absolute atomic E-state index is 13.0. The number of nitrogens with zero attached hydrogens (tertiary/aromatic N) is 4. The van der Waals surface area contributed by atoms with Crippen LogP contribution in [0.25, 0.3) is 0 Å². The maximum atomic E-state index is 13.0. The number of allylic oxidation sites excluding steroid dienone is 1. The summed E-state index contributed by atoms with van der Waals surface area (Å²) in [5.74, 6) is -0.205. The van der Waals surface area contributed by atoms with Gasteiger partial charge in [0, 0.05) is 43.3 Å². The monoisotopic (exact) mass is 288 g/mol. The Balaban J connectivity index is 1.49. The van der Waals surface area contributed by atoms with Gasteiger partial charge in [0.25, 0.3) is 0 Å². The molecule has 2 bridgehead atoms. The van der Waals surface area contributed by atoms with E-state index < -0.39 is 0 Å². The van der Waals surface area contributed by atoms with Crippen molar-refractivity contribution in [3.63, 3.8) is 0 Å². The largest absolute Gasteiger partial charge is 0.366 e. The molecule has 1 N–H and O–H groups in total. The summed E-state index contributed by atoms with van der Waals surface area (Å²) in [6.07, 6.45) is 5.81. The Kier molecular flexibility index (Phi) is 2.94. The zero-order valence-corrected chi connectivity index (χ0v) is 11.5. The van der Waals surface area contributed by atoms with E-state index in [1.165, 1.54) is 12.1 Å². The number of piperazine rings is 1. The Morgan fingerprint density at radius 3 is 2.62 bits per heavy atom. The first-order chi connectivity index (χ1) is 10.2. The topological polar surface area (TPSA) is 42.3 Å². The normalized spacial score (nSPS) is 31.4. The van der Waals surface area contributed by atoms with E-state index in [0.29, 0.717) is 12.1 Å². The highest BCUT2D eigenvalue weighted by Gasteiger charge is 2.46. The van der Waals surface area contributed by atoms with Crippen molar-refractivity contribution in [2.45, 2.75) is 24.8 Å². The van der Waals surface area contributed by atoms with Crippen molar-refractivity contribution in [2.24, 2.45) is 4.99 Å². The number of hydroxylamine groups is 2. The molecule has 3 aliphatic heterocycles. The van der Waals surface area contributed by atoms with Gasteiger partial charge in [-0.2, -0.15) is 0 Å². The molecule has 0 spiro atoms. The molecule has 3 aliphatic rings. The number of benzene rings is 1. The number of aliphatic imine (C=N–C) groups is 1. The molecule has 0 amide bonds. The minimum Gasteiger partial charge on any atom is -0.366 e. The highest BCUT2D eigenvalue weighted by atomic mass is 19.1. The lowest BCUT2D eigenvalue weighted by Gasteiger charge is -2.40. The predicted molar refractivity (Wildman–Crippen MR) is 77.7 cm³/mol. The fourth-order valence-electron chi connectivity index (χ4n) is 3.57. The van der Waals surface area contributed by atoms with E-state index in [4.69, 9.17) is 0 Å². The highest BCUT2D eigenvalue weighted by molar-refractivity contribution is 5.71. The molecule has 5 nitrogen and oxygen atoms in total. The smallest absolute Gasteiger partial charge is 0.201 e. The Morgan fingerprint density at radius 1 is 1.14 bits per heavy atom. The number of likely N-dealkylation sites (tertiary alicyclic amines) is 1. The first kappa shape index (κ1) is 12.8. The Morgan fingerprint density at radius 2 is 1.95 bits per heavy atom. The van der Waals surface area contributed by atoms with Crippen LogP contribution in [0.4, 0.5) is 10.1 Å². The number of rotatable bonds is 2. The van der Waals surface area contributed by atoms with E-state index in [2.05, 4.69) is 14.8 Å². The third-order valence-corrected chi connectivity index (χ3v) is 4.52. The molecule has 0 aromatic heterocycles. The summed E-state index contributed by atoms with van der Waals surface area (Å²) in [7, 11) is 0. The second-order valence-electron chi connectivity index (χ2n) is 5.74. The van der Waals surface area contributed by atoms with Crippen LogP contribution in [0.5, 0.6) is 0 Å². The first-order valence-corrected chi connectivity index (χ1v) is 7.17. The second-order valence-corrected chi connectivity index (χ2v) is 5.74. The molecule has 4 rings (SSSR count). The molecule has 0 aliphatic carbocycles. The average molecular weight is 288 g/mol. The summed E-state index contributed by atoms with van der Waals surface area (Å²) in [6.45, 7) is 1.74. The van der Waals surface area contributed by atoms with E-state index in [9.17, 15) is 9.60 Å². The number of halogens is 1. The second kappa shape index (κ2) is 4.82.